The van der Waals surface area contributed by atoms with Gasteiger partial charge in [-0.1, -0.05) is 29.8 Å². The lowest BCUT2D eigenvalue weighted by atomic mass is 10.1. The third-order valence-corrected chi connectivity index (χ3v) is 3.38. The quantitative estimate of drug-likeness (QED) is 0.901. The summed E-state index contributed by atoms with van der Waals surface area (Å²) in [5.74, 6) is -0.385. The van der Waals surface area contributed by atoms with Crippen LogP contribution in [0.25, 0.3) is 0 Å². The lowest BCUT2D eigenvalue weighted by molar-refractivity contribution is -0.114. The molecule has 2 amide bonds. The lowest BCUT2D eigenvalue weighted by Gasteiger charge is -2.15. The molecule has 0 bridgehead atoms. The Morgan fingerprint density at radius 2 is 1.82 bits per heavy atom. The van der Waals surface area contributed by atoms with Crippen molar-refractivity contribution in [1.82, 2.24) is 5.32 Å². The molecule has 22 heavy (non-hydrogen) atoms. The van der Waals surface area contributed by atoms with Crippen molar-refractivity contribution >= 4 is 29.1 Å². The highest BCUT2D eigenvalue weighted by Crippen LogP contribution is 2.18. The van der Waals surface area contributed by atoms with Crippen molar-refractivity contribution in [2.45, 2.75) is 19.9 Å². The van der Waals surface area contributed by atoms with Crippen molar-refractivity contribution in [2.24, 2.45) is 0 Å². The Kier molecular flexibility index (Phi) is 5.17. The van der Waals surface area contributed by atoms with Crippen LogP contribution in [0.1, 0.15) is 35.8 Å². The Hall–Kier alpha value is -2.33. The summed E-state index contributed by atoms with van der Waals surface area (Å²) in [6.07, 6.45) is 0. The average Bonchev–Trinajstić information content (AvgIpc) is 2.46. The van der Waals surface area contributed by atoms with Crippen LogP contribution in [0.5, 0.6) is 0 Å². The van der Waals surface area contributed by atoms with E-state index in [9.17, 15) is 9.59 Å². The van der Waals surface area contributed by atoms with Gasteiger partial charge in [0.15, 0.2) is 0 Å². The largest absolute Gasteiger partial charge is 0.346 e. The van der Waals surface area contributed by atoms with E-state index in [0.717, 1.165) is 5.56 Å². The summed E-state index contributed by atoms with van der Waals surface area (Å²) in [5, 5.41) is 6.20. The fourth-order valence-electron chi connectivity index (χ4n) is 2.08. The van der Waals surface area contributed by atoms with Crippen molar-refractivity contribution in [3.8, 4) is 0 Å². The molecule has 2 aromatic rings. The summed E-state index contributed by atoms with van der Waals surface area (Å²) in [7, 11) is 0. The molecule has 0 aliphatic rings. The second-order valence-electron chi connectivity index (χ2n) is 5.01. The van der Waals surface area contributed by atoms with E-state index in [1.165, 1.54) is 6.92 Å². The summed E-state index contributed by atoms with van der Waals surface area (Å²) in [6.45, 7) is 3.31. The highest BCUT2D eigenvalue weighted by molar-refractivity contribution is 6.30. The van der Waals surface area contributed by atoms with Crippen molar-refractivity contribution < 1.29 is 9.59 Å². The van der Waals surface area contributed by atoms with Crippen LogP contribution < -0.4 is 10.6 Å². The number of amides is 2. The molecular formula is C17H17ClN2O2. The van der Waals surface area contributed by atoms with Gasteiger partial charge in [-0.3, -0.25) is 9.59 Å². The first kappa shape index (κ1) is 16.0. The van der Waals surface area contributed by atoms with Crippen molar-refractivity contribution in [3.05, 3.63) is 64.7 Å². The number of halogens is 1. The number of rotatable bonds is 4. The molecule has 0 aromatic heterocycles. The smallest absolute Gasteiger partial charge is 0.251 e. The molecule has 2 rings (SSSR count). The van der Waals surface area contributed by atoms with Crippen LogP contribution in [-0.2, 0) is 4.79 Å². The Balaban J connectivity index is 2.10. The van der Waals surface area contributed by atoms with Crippen LogP contribution in [-0.4, -0.2) is 11.8 Å². The molecule has 0 saturated carbocycles. The first-order chi connectivity index (χ1) is 10.5. The molecule has 0 saturated heterocycles. The minimum absolute atomic E-state index is 0.171. The van der Waals surface area contributed by atoms with Crippen LogP contribution in [0.15, 0.2) is 48.5 Å². The Labute approximate surface area is 134 Å². The SMILES string of the molecule is CC(=O)Nc1cccc(C(=O)NC(C)c2cccc(Cl)c2)c1. The van der Waals surface area contributed by atoms with Gasteiger partial charge in [-0.25, -0.2) is 0 Å². The number of carbonyl (C=O) groups excluding carboxylic acids is 2. The first-order valence-electron chi connectivity index (χ1n) is 6.89. The molecule has 0 aliphatic carbocycles. The van der Waals surface area contributed by atoms with E-state index >= 15 is 0 Å². The first-order valence-corrected chi connectivity index (χ1v) is 7.27. The second-order valence-corrected chi connectivity index (χ2v) is 5.45. The summed E-state index contributed by atoms with van der Waals surface area (Å²) in [5.41, 5.74) is 2.01. The number of anilines is 1. The van der Waals surface area contributed by atoms with Gasteiger partial charge in [0.05, 0.1) is 6.04 Å². The third kappa shape index (κ3) is 4.33. The molecule has 0 aliphatic heterocycles. The number of hydrogen-bond donors (Lipinski definition) is 2. The topological polar surface area (TPSA) is 58.2 Å². The minimum atomic E-state index is -0.209. The van der Waals surface area contributed by atoms with Gasteiger partial charge in [0.1, 0.15) is 0 Å². The van der Waals surface area contributed by atoms with Crippen LogP contribution in [0.4, 0.5) is 5.69 Å². The predicted molar refractivity (Wildman–Crippen MR) is 88.1 cm³/mol. The summed E-state index contributed by atoms with van der Waals surface area (Å²) in [4.78, 5) is 23.4. The number of carbonyl (C=O) groups is 2. The summed E-state index contributed by atoms with van der Waals surface area (Å²) in [6, 6.07) is 14.0. The molecule has 2 aromatic carbocycles. The van der Waals surface area contributed by atoms with Gasteiger partial charge in [-0.2, -0.15) is 0 Å². The van der Waals surface area contributed by atoms with Gasteiger partial charge in [-0.15, -0.1) is 0 Å². The molecule has 0 radical (unpaired) electrons. The average molecular weight is 317 g/mol. The van der Waals surface area contributed by atoms with E-state index in [0.29, 0.717) is 16.3 Å². The number of hydrogen-bond acceptors (Lipinski definition) is 2. The predicted octanol–water partition coefficient (Wildman–Crippen LogP) is 3.79. The van der Waals surface area contributed by atoms with E-state index in [4.69, 9.17) is 11.6 Å². The maximum Gasteiger partial charge on any atom is 0.251 e. The molecule has 0 spiro atoms. The van der Waals surface area contributed by atoms with Gasteiger partial charge in [0.25, 0.3) is 5.91 Å². The van der Waals surface area contributed by atoms with Gasteiger partial charge in [0.2, 0.25) is 5.91 Å². The van der Waals surface area contributed by atoms with Crippen LogP contribution >= 0.6 is 11.6 Å². The molecule has 1 atom stereocenters. The lowest BCUT2D eigenvalue weighted by Crippen LogP contribution is -2.26. The van der Waals surface area contributed by atoms with Crippen molar-refractivity contribution in [3.63, 3.8) is 0 Å². The molecule has 1 unspecified atom stereocenters. The number of benzene rings is 2. The highest BCUT2D eigenvalue weighted by Gasteiger charge is 2.12. The van der Waals surface area contributed by atoms with E-state index in [2.05, 4.69) is 10.6 Å². The Morgan fingerprint density at radius 1 is 1.09 bits per heavy atom. The fraction of sp³-hybridized carbons (Fsp3) is 0.176. The van der Waals surface area contributed by atoms with E-state index < -0.39 is 0 Å². The third-order valence-electron chi connectivity index (χ3n) is 3.14. The minimum Gasteiger partial charge on any atom is -0.346 e. The van der Waals surface area contributed by atoms with Crippen LogP contribution in [0, 0.1) is 0 Å². The van der Waals surface area contributed by atoms with Crippen molar-refractivity contribution in [1.29, 1.82) is 0 Å². The zero-order valence-electron chi connectivity index (χ0n) is 12.4. The highest BCUT2D eigenvalue weighted by atomic mass is 35.5. The Morgan fingerprint density at radius 3 is 2.50 bits per heavy atom. The van der Waals surface area contributed by atoms with Gasteiger partial charge < -0.3 is 10.6 Å². The maximum absolute atomic E-state index is 12.3. The van der Waals surface area contributed by atoms with Crippen molar-refractivity contribution in [2.75, 3.05) is 5.32 Å². The summed E-state index contributed by atoms with van der Waals surface area (Å²) >= 11 is 5.96. The molecule has 2 N–H and O–H groups in total. The van der Waals surface area contributed by atoms with Gasteiger partial charge in [0, 0.05) is 23.2 Å². The monoisotopic (exact) mass is 316 g/mol. The molecule has 0 heterocycles. The molecule has 4 nitrogen and oxygen atoms in total. The Bertz CT molecular complexity index is 701. The standard InChI is InChI=1S/C17H17ClN2O2/c1-11(13-5-3-7-15(18)9-13)19-17(22)14-6-4-8-16(10-14)20-12(2)21/h3-11H,1-2H3,(H,19,22)(H,20,21). The molecule has 0 fully saturated rings. The molecular weight excluding hydrogens is 300 g/mol. The van der Waals surface area contributed by atoms with Crippen LogP contribution in [0.2, 0.25) is 5.02 Å². The maximum atomic E-state index is 12.3. The molecule has 114 valence electrons. The van der Waals surface area contributed by atoms with E-state index in [1.54, 1.807) is 30.3 Å². The van der Waals surface area contributed by atoms with E-state index in [1.807, 2.05) is 25.1 Å². The van der Waals surface area contributed by atoms with Crippen LogP contribution in [0.3, 0.4) is 0 Å². The second kappa shape index (κ2) is 7.09. The zero-order chi connectivity index (χ0) is 16.1. The molecule has 5 heteroatoms. The zero-order valence-corrected chi connectivity index (χ0v) is 13.1. The summed E-state index contributed by atoms with van der Waals surface area (Å²) < 4.78 is 0. The fourth-order valence-corrected chi connectivity index (χ4v) is 2.28. The van der Waals surface area contributed by atoms with E-state index in [-0.39, 0.29) is 17.9 Å². The van der Waals surface area contributed by atoms with Gasteiger partial charge in [-0.05, 0) is 42.8 Å². The normalized spacial score (nSPS) is 11.6. The van der Waals surface area contributed by atoms with Gasteiger partial charge >= 0.3 is 0 Å². The number of nitrogens with one attached hydrogen (secondary N) is 2.